The van der Waals surface area contributed by atoms with Crippen LogP contribution in [0.1, 0.15) is 28.4 Å². The Balaban J connectivity index is 1.80. The molecule has 0 radical (unpaired) electrons. The number of morpholine rings is 1. The molecule has 0 saturated carbocycles. The van der Waals surface area contributed by atoms with Crippen molar-refractivity contribution in [2.75, 3.05) is 31.8 Å². The van der Waals surface area contributed by atoms with E-state index >= 15 is 0 Å². The molecule has 0 bridgehead atoms. The standard InChI is InChI=1S/C20H23F2N3O3/c1-12-8-17(25-6-7-28-11-13(25)2)24-20(27-3)18(12)19(26)23-10-14-4-5-15(21)16(22)9-14/h4-5,8-9,13H,6-7,10-11H2,1-3H3,(H,23,26)/t13-/m1/s1. The summed E-state index contributed by atoms with van der Waals surface area (Å²) in [4.78, 5) is 19.3. The summed E-state index contributed by atoms with van der Waals surface area (Å²) in [5, 5.41) is 2.70. The predicted octanol–water partition coefficient (Wildman–Crippen LogP) is 2.83. The molecule has 0 unspecified atom stereocenters. The van der Waals surface area contributed by atoms with Crippen LogP contribution in [-0.2, 0) is 11.3 Å². The molecule has 1 atom stereocenters. The molecule has 1 amide bonds. The van der Waals surface area contributed by atoms with Crippen molar-refractivity contribution in [2.45, 2.75) is 26.4 Å². The lowest BCUT2D eigenvalue weighted by Crippen LogP contribution is -2.44. The van der Waals surface area contributed by atoms with E-state index in [0.717, 1.165) is 18.0 Å². The maximum atomic E-state index is 13.3. The number of rotatable bonds is 5. The van der Waals surface area contributed by atoms with E-state index in [-0.39, 0.29) is 18.5 Å². The van der Waals surface area contributed by atoms with Crippen LogP contribution < -0.4 is 15.0 Å². The number of pyridine rings is 1. The lowest BCUT2D eigenvalue weighted by Gasteiger charge is -2.34. The number of methoxy groups -OCH3 is 1. The molecule has 2 heterocycles. The molecule has 150 valence electrons. The second-order valence-corrected chi connectivity index (χ2v) is 6.73. The van der Waals surface area contributed by atoms with Gasteiger partial charge in [0.25, 0.3) is 5.91 Å². The van der Waals surface area contributed by atoms with E-state index in [4.69, 9.17) is 9.47 Å². The summed E-state index contributed by atoms with van der Waals surface area (Å²) in [6, 6.07) is 5.52. The molecule has 28 heavy (non-hydrogen) atoms. The maximum Gasteiger partial charge on any atom is 0.257 e. The highest BCUT2D eigenvalue weighted by molar-refractivity contribution is 5.98. The van der Waals surface area contributed by atoms with Gasteiger partial charge in [-0.2, -0.15) is 4.98 Å². The Kier molecular flexibility index (Phi) is 6.08. The van der Waals surface area contributed by atoms with Crippen molar-refractivity contribution in [1.82, 2.24) is 10.3 Å². The maximum absolute atomic E-state index is 13.3. The number of halogens is 2. The van der Waals surface area contributed by atoms with Crippen LogP contribution in [0, 0.1) is 18.6 Å². The Hall–Kier alpha value is -2.74. The van der Waals surface area contributed by atoms with Crippen LogP contribution in [0.25, 0.3) is 0 Å². The minimum atomic E-state index is -0.953. The topological polar surface area (TPSA) is 63.7 Å². The highest BCUT2D eigenvalue weighted by atomic mass is 19.2. The fourth-order valence-corrected chi connectivity index (χ4v) is 3.19. The summed E-state index contributed by atoms with van der Waals surface area (Å²) in [5.41, 5.74) is 1.48. The van der Waals surface area contributed by atoms with Crippen molar-refractivity contribution in [1.29, 1.82) is 0 Å². The molecule has 1 N–H and O–H groups in total. The van der Waals surface area contributed by atoms with Gasteiger partial charge in [-0.25, -0.2) is 8.78 Å². The van der Waals surface area contributed by atoms with Gasteiger partial charge in [-0.1, -0.05) is 6.07 Å². The molecule has 1 aliphatic heterocycles. The fraction of sp³-hybridized carbons (Fsp3) is 0.400. The van der Waals surface area contributed by atoms with Gasteiger partial charge >= 0.3 is 0 Å². The van der Waals surface area contributed by atoms with E-state index in [9.17, 15) is 13.6 Å². The number of nitrogens with zero attached hydrogens (tertiary/aromatic N) is 2. The van der Waals surface area contributed by atoms with Crippen LogP contribution in [-0.4, -0.2) is 43.8 Å². The third-order valence-corrected chi connectivity index (χ3v) is 4.69. The van der Waals surface area contributed by atoms with Gasteiger partial charge in [0.2, 0.25) is 5.88 Å². The third-order valence-electron chi connectivity index (χ3n) is 4.69. The number of hydrogen-bond acceptors (Lipinski definition) is 5. The first-order chi connectivity index (χ1) is 13.4. The van der Waals surface area contributed by atoms with Gasteiger partial charge in [0, 0.05) is 13.1 Å². The largest absolute Gasteiger partial charge is 0.480 e. The average molecular weight is 391 g/mol. The van der Waals surface area contributed by atoms with Gasteiger partial charge in [-0.05, 0) is 43.2 Å². The number of carbonyl (C=O) groups is 1. The summed E-state index contributed by atoms with van der Waals surface area (Å²) >= 11 is 0. The van der Waals surface area contributed by atoms with E-state index < -0.39 is 17.5 Å². The molecule has 0 aliphatic carbocycles. The molecule has 2 aromatic rings. The Morgan fingerprint density at radius 2 is 2.14 bits per heavy atom. The Bertz CT molecular complexity index is 876. The molecule has 1 aromatic heterocycles. The highest BCUT2D eigenvalue weighted by Crippen LogP contribution is 2.27. The number of anilines is 1. The summed E-state index contributed by atoms with van der Waals surface area (Å²) in [5.74, 6) is -1.33. The lowest BCUT2D eigenvalue weighted by molar-refractivity contribution is 0.0944. The summed E-state index contributed by atoms with van der Waals surface area (Å²) in [6.07, 6.45) is 0. The van der Waals surface area contributed by atoms with Gasteiger partial charge in [-0.15, -0.1) is 0 Å². The predicted molar refractivity (Wildman–Crippen MR) is 101 cm³/mol. The molecular formula is C20H23F2N3O3. The number of carbonyl (C=O) groups excluding carboxylic acids is 1. The first-order valence-corrected chi connectivity index (χ1v) is 9.03. The van der Waals surface area contributed by atoms with E-state index in [1.54, 1.807) is 0 Å². The molecule has 6 nitrogen and oxygen atoms in total. The van der Waals surface area contributed by atoms with Crippen molar-refractivity contribution in [3.63, 3.8) is 0 Å². The summed E-state index contributed by atoms with van der Waals surface area (Å²) in [6.45, 7) is 5.85. The SMILES string of the molecule is COc1nc(N2CCOC[C@H]2C)cc(C)c1C(=O)NCc1ccc(F)c(F)c1. The van der Waals surface area contributed by atoms with Crippen LogP contribution in [0.4, 0.5) is 14.6 Å². The van der Waals surface area contributed by atoms with E-state index in [1.165, 1.54) is 13.2 Å². The normalized spacial score (nSPS) is 16.8. The first kappa shape index (κ1) is 20.0. The molecule has 3 rings (SSSR count). The molecule has 0 spiro atoms. The zero-order valence-electron chi connectivity index (χ0n) is 16.1. The van der Waals surface area contributed by atoms with Crippen molar-refractivity contribution in [2.24, 2.45) is 0 Å². The minimum absolute atomic E-state index is 0.0564. The van der Waals surface area contributed by atoms with Crippen molar-refractivity contribution in [3.8, 4) is 5.88 Å². The number of ether oxygens (including phenoxy) is 2. The average Bonchev–Trinajstić information content (AvgIpc) is 2.68. The van der Waals surface area contributed by atoms with E-state index in [1.807, 2.05) is 19.9 Å². The van der Waals surface area contributed by atoms with Crippen LogP contribution in [0.3, 0.4) is 0 Å². The molecule has 8 heteroatoms. The van der Waals surface area contributed by atoms with Gasteiger partial charge in [0.1, 0.15) is 11.4 Å². The van der Waals surface area contributed by atoms with Crippen LogP contribution in [0.15, 0.2) is 24.3 Å². The number of nitrogens with one attached hydrogen (secondary N) is 1. The third kappa shape index (κ3) is 4.22. The minimum Gasteiger partial charge on any atom is -0.480 e. The second kappa shape index (κ2) is 8.52. The molecule has 1 aromatic carbocycles. The zero-order chi connectivity index (χ0) is 20.3. The van der Waals surface area contributed by atoms with Gasteiger partial charge in [0.15, 0.2) is 11.6 Å². The summed E-state index contributed by atoms with van der Waals surface area (Å²) < 4.78 is 37.2. The smallest absolute Gasteiger partial charge is 0.257 e. The van der Waals surface area contributed by atoms with Crippen LogP contribution in [0.5, 0.6) is 5.88 Å². The fourth-order valence-electron chi connectivity index (χ4n) is 3.19. The number of benzene rings is 1. The van der Waals surface area contributed by atoms with Crippen LogP contribution in [0.2, 0.25) is 0 Å². The lowest BCUT2D eigenvalue weighted by atomic mass is 10.1. The second-order valence-electron chi connectivity index (χ2n) is 6.73. The monoisotopic (exact) mass is 391 g/mol. The first-order valence-electron chi connectivity index (χ1n) is 9.03. The Morgan fingerprint density at radius 3 is 2.82 bits per heavy atom. The van der Waals surface area contributed by atoms with Crippen LogP contribution >= 0.6 is 0 Å². The van der Waals surface area contributed by atoms with Gasteiger partial charge in [-0.3, -0.25) is 4.79 Å². The van der Waals surface area contributed by atoms with Crippen molar-refractivity contribution >= 4 is 11.7 Å². The Morgan fingerprint density at radius 1 is 1.36 bits per heavy atom. The molecule has 1 aliphatic rings. The quantitative estimate of drug-likeness (QED) is 0.849. The van der Waals surface area contributed by atoms with E-state index in [0.29, 0.717) is 36.4 Å². The van der Waals surface area contributed by atoms with E-state index in [2.05, 4.69) is 15.2 Å². The molecular weight excluding hydrogens is 368 g/mol. The number of aryl methyl sites for hydroxylation is 1. The van der Waals surface area contributed by atoms with Gasteiger partial charge < -0.3 is 19.7 Å². The number of hydrogen-bond donors (Lipinski definition) is 1. The highest BCUT2D eigenvalue weighted by Gasteiger charge is 2.24. The number of amides is 1. The Labute approximate surface area is 162 Å². The van der Waals surface area contributed by atoms with Crippen molar-refractivity contribution < 1.29 is 23.0 Å². The molecule has 1 saturated heterocycles. The zero-order valence-corrected chi connectivity index (χ0v) is 16.1. The van der Waals surface area contributed by atoms with Gasteiger partial charge in [0.05, 0.1) is 26.4 Å². The molecule has 1 fully saturated rings. The summed E-state index contributed by atoms with van der Waals surface area (Å²) in [7, 11) is 1.46. The van der Waals surface area contributed by atoms with Crippen molar-refractivity contribution in [3.05, 3.63) is 52.6 Å². The number of aromatic nitrogens is 1.